The molecule has 30 heavy (non-hydrogen) atoms. The molecule has 162 valence electrons. The van der Waals surface area contributed by atoms with Crippen molar-refractivity contribution in [2.45, 2.75) is 37.9 Å². The van der Waals surface area contributed by atoms with Crippen molar-refractivity contribution < 1.29 is 14.6 Å². The molecule has 1 spiro atoms. The van der Waals surface area contributed by atoms with Crippen LogP contribution in [-0.4, -0.2) is 65.6 Å². The highest BCUT2D eigenvalue weighted by Gasteiger charge is 2.42. The molecule has 1 saturated heterocycles. The minimum Gasteiger partial charge on any atom is -0.396 e. The molecule has 0 bridgehead atoms. The number of fused-ring (bicyclic) bond motifs is 2. The second kappa shape index (κ2) is 9.56. The Morgan fingerprint density at radius 2 is 2.17 bits per heavy atom. The number of nitrogens with zero attached hydrogens (tertiary/aromatic N) is 3. The number of ether oxygens (including phenoxy) is 1. The van der Waals surface area contributed by atoms with Crippen LogP contribution in [0.25, 0.3) is 0 Å². The van der Waals surface area contributed by atoms with Gasteiger partial charge in [0, 0.05) is 51.6 Å². The first-order valence-corrected chi connectivity index (χ1v) is 11.7. The van der Waals surface area contributed by atoms with Crippen molar-refractivity contribution in [3.05, 3.63) is 52.0 Å². The molecular weight excluding hydrogens is 398 g/mol. The topological polar surface area (TPSA) is 65.9 Å². The molecule has 2 aliphatic rings. The molecule has 0 aliphatic carbocycles. The van der Waals surface area contributed by atoms with Gasteiger partial charge in [0.1, 0.15) is 0 Å². The fourth-order valence-electron chi connectivity index (χ4n) is 4.76. The van der Waals surface area contributed by atoms with Gasteiger partial charge in [-0.2, -0.15) is 0 Å². The molecule has 0 radical (unpaired) electrons. The molecule has 2 aliphatic heterocycles. The van der Waals surface area contributed by atoms with E-state index in [9.17, 15) is 4.79 Å². The third kappa shape index (κ3) is 4.59. The summed E-state index contributed by atoms with van der Waals surface area (Å²) in [6.45, 7) is 3.97. The number of piperidine rings is 1. The van der Waals surface area contributed by atoms with Crippen LogP contribution in [-0.2, 0) is 28.2 Å². The number of amides is 1. The summed E-state index contributed by atoms with van der Waals surface area (Å²) in [6.07, 6.45) is 3.19. The van der Waals surface area contributed by atoms with Crippen LogP contribution in [0.1, 0.15) is 36.1 Å². The number of carbonyl (C=O) groups excluding carboxylic acids is 1. The van der Waals surface area contributed by atoms with Gasteiger partial charge in [0.2, 0.25) is 5.91 Å². The number of aromatic nitrogens is 1. The number of carbonyl (C=O) groups is 1. The lowest BCUT2D eigenvalue weighted by atomic mass is 9.83. The minimum atomic E-state index is -0.153. The molecule has 1 N–H and O–H groups in total. The maximum atomic E-state index is 13.1. The van der Waals surface area contributed by atoms with E-state index in [-0.39, 0.29) is 24.0 Å². The molecule has 1 amide bonds. The van der Waals surface area contributed by atoms with Crippen LogP contribution in [0.3, 0.4) is 0 Å². The number of thiazole rings is 1. The van der Waals surface area contributed by atoms with Crippen LogP contribution in [0.15, 0.2) is 35.2 Å². The minimum absolute atomic E-state index is 0.101. The summed E-state index contributed by atoms with van der Waals surface area (Å²) in [5.74, 6) is 0.0147. The molecule has 2 aromatic rings. The molecule has 0 saturated carbocycles. The highest BCUT2D eigenvalue weighted by Crippen LogP contribution is 2.44. The fraction of sp³-hybridized carbons (Fsp3) is 0.565. The monoisotopic (exact) mass is 429 g/mol. The molecule has 1 aromatic carbocycles. The molecule has 1 atom stereocenters. The van der Waals surface area contributed by atoms with E-state index in [2.05, 4.69) is 34.1 Å². The zero-order valence-corrected chi connectivity index (χ0v) is 18.4. The highest BCUT2D eigenvalue weighted by molar-refractivity contribution is 7.07. The Labute approximate surface area is 182 Å². The van der Waals surface area contributed by atoms with Gasteiger partial charge in [0.05, 0.1) is 29.3 Å². The van der Waals surface area contributed by atoms with Crippen LogP contribution in [0, 0.1) is 5.92 Å². The van der Waals surface area contributed by atoms with Crippen molar-refractivity contribution in [3.63, 3.8) is 0 Å². The first-order valence-electron chi connectivity index (χ1n) is 10.8. The van der Waals surface area contributed by atoms with E-state index >= 15 is 0 Å². The van der Waals surface area contributed by atoms with Gasteiger partial charge in [-0.1, -0.05) is 24.3 Å². The molecule has 3 heterocycles. The van der Waals surface area contributed by atoms with Gasteiger partial charge < -0.3 is 19.6 Å². The Hall–Kier alpha value is -1.80. The van der Waals surface area contributed by atoms with Crippen LogP contribution in [0.2, 0.25) is 0 Å². The number of benzene rings is 1. The van der Waals surface area contributed by atoms with E-state index < -0.39 is 0 Å². The lowest BCUT2D eigenvalue weighted by Crippen LogP contribution is -2.47. The Balaban J connectivity index is 1.40. The van der Waals surface area contributed by atoms with Crippen LogP contribution < -0.4 is 0 Å². The molecule has 7 heteroatoms. The largest absolute Gasteiger partial charge is 0.396 e. The molecule has 1 aromatic heterocycles. The normalized spacial score (nSPS) is 19.0. The standard InChI is InChI=1S/C23H31N3O3S/c1-25(9-4-12-27)22(28)19(13-20-16-30-17-24-20)14-26-10-7-23(8-11-26)21-6-3-2-5-18(21)15-29-23/h2-3,5-6,16-17,19,27H,4,7-15H2,1H3. The summed E-state index contributed by atoms with van der Waals surface area (Å²) in [4.78, 5) is 21.7. The number of aliphatic hydroxyl groups is 1. The molecule has 6 nitrogen and oxygen atoms in total. The summed E-state index contributed by atoms with van der Waals surface area (Å²) < 4.78 is 6.29. The first kappa shape index (κ1) is 21.4. The van der Waals surface area contributed by atoms with Gasteiger partial charge in [-0.25, -0.2) is 4.98 Å². The maximum absolute atomic E-state index is 13.1. The van der Waals surface area contributed by atoms with Gasteiger partial charge in [0.15, 0.2) is 0 Å². The smallest absolute Gasteiger partial charge is 0.227 e. The van der Waals surface area contributed by atoms with Gasteiger partial charge in [0.25, 0.3) is 0 Å². The summed E-state index contributed by atoms with van der Waals surface area (Å²) >= 11 is 1.57. The van der Waals surface area contributed by atoms with Crippen molar-refractivity contribution in [2.75, 3.05) is 39.8 Å². The maximum Gasteiger partial charge on any atom is 0.227 e. The van der Waals surface area contributed by atoms with Crippen molar-refractivity contribution in [3.8, 4) is 0 Å². The van der Waals surface area contributed by atoms with Crippen LogP contribution in [0.5, 0.6) is 0 Å². The average Bonchev–Trinajstić information content (AvgIpc) is 3.41. The predicted molar refractivity (Wildman–Crippen MR) is 117 cm³/mol. The number of hydrogen-bond donors (Lipinski definition) is 1. The quantitative estimate of drug-likeness (QED) is 0.699. The number of aliphatic hydroxyl groups excluding tert-OH is 1. The van der Waals surface area contributed by atoms with Crippen molar-refractivity contribution in [1.82, 2.24) is 14.8 Å². The second-order valence-electron chi connectivity index (χ2n) is 8.46. The summed E-state index contributed by atoms with van der Waals surface area (Å²) in [5.41, 5.74) is 5.32. The van der Waals surface area contributed by atoms with Crippen LogP contribution >= 0.6 is 11.3 Å². The molecule has 4 rings (SSSR count). The van der Waals surface area contributed by atoms with Crippen molar-refractivity contribution in [2.24, 2.45) is 5.92 Å². The predicted octanol–water partition coefficient (Wildman–Crippen LogP) is 2.66. The number of hydrogen-bond acceptors (Lipinski definition) is 6. The van der Waals surface area contributed by atoms with Gasteiger partial charge in [-0.3, -0.25) is 4.79 Å². The Morgan fingerprint density at radius 3 is 2.90 bits per heavy atom. The summed E-state index contributed by atoms with van der Waals surface area (Å²) in [6, 6.07) is 8.56. The van der Waals surface area contributed by atoms with E-state index in [0.29, 0.717) is 26.0 Å². The molecular formula is C23H31N3O3S. The first-order chi connectivity index (χ1) is 14.6. The Kier molecular flexibility index (Phi) is 6.83. The van der Waals surface area contributed by atoms with E-state index in [1.165, 1.54) is 11.1 Å². The van der Waals surface area contributed by atoms with Gasteiger partial charge in [-0.15, -0.1) is 11.3 Å². The Morgan fingerprint density at radius 1 is 1.37 bits per heavy atom. The van der Waals surface area contributed by atoms with E-state index in [1.807, 2.05) is 17.9 Å². The van der Waals surface area contributed by atoms with E-state index in [0.717, 1.165) is 38.2 Å². The number of likely N-dealkylation sites (tertiary alicyclic amines) is 1. The van der Waals surface area contributed by atoms with Gasteiger partial charge >= 0.3 is 0 Å². The lowest BCUT2D eigenvalue weighted by molar-refractivity contribution is -0.135. The third-order valence-corrected chi connectivity index (χ3v) is 7.11. The lowest BCUT2D eigenvalue weighted by Gasteiger charge is -2.40. The highest BCUT2D eigenvalue weighted by atomic mass is 32.1. The number of rotatable bonds is 8. The van der Waals surface area contributed by atoms with Crippen molar-refractivity contribution in [1.29, 1.82) is 0 Å². The van der Waals surface area contributed by atoms with Gasteiger partial charge in [-0.05, 0) is 30.4 Å². The zero-order chi connectivity index (χ0) is 21.0. The molecule has 1 unspecified atom stereocenters. The SMILES string of the molecule is CN(CCCO)C(=O)C(Cc1cscn1)CN1CCC2(CC1)OCc1ccccc12. The molecule has 1 fully saturated rings. The van der Waals surface area contributed by atoms with Crippen molar-refractivity contribution >= 4 is 17.2 Å². The van der Waals surface area contributed by atoms with Crippen LogP contribution in [0.4, 0.5) is 0 Å². The summed E-state index contributed by atoms with van der Waals surface area (Å²) in [7, 11) is 1.83. The van der Waals surface area contributed by atoms with E-state index in [1.54, 1.807) is 16.2 Å². The second-order valence-corrected chi connectivity index (χ2v) is 9.18. The fourth-order valence-corrected chi connectivity index (χ4v) is 5.33. The third-order valence-electron chi connectivity index (χ3n) is 6.47. The summed E-state index contributed by atoms with van der Waals surface area (Å²) in [5, 5.41) is 11.1. The average molecular weight is 430 g/mol. The zero-order valence-electron chi connectivity index (χ0n) is 17.6. The Bertz CT molecular complexity index is 834. The van der Waals surface area contributed by atoms with E-state index in [4.69, 9.17) is 9.84 Å².